The fourth-order valence-corrected chi connectivity index (χ4v) is 6.24. The summed E-state index contributed by atoms with van der Waals surface area (Å²) in [6.45, 7) is 4.36. The quantitative estimate of drug-likeness (QED) is 0.790. The highest BCUT2D eigenvalue weighted by atomic mass is 32.2. The SMILES string of the molecule is CC1(C)CCCCC1(O)C1(CN)CCS(=O)(=O)C1. The molecule has 2 unspecified atom stereocenters. The van der Waals surface area contributed by atoms with Gasteiger partial charge in [0.1, 0.15) is 0 Å². The van der Waals surface area contributed by atoms with Gasteiger partial charge in [-0.2, -0.15) is 0 Å². The Morgan fingerprint density at radius 1 is 1.17 bits per heavy atom. The van der Waals surface area contributed by atoms with Crippen LogP contribution in [0.25, 0.3) is 0 Å². The first-order valence-electron chi connectivity index (χ1n) is 6.81. The maximum absolute atomic E-state index is 11.8. The van der Waals surface area contributed by atoms with Crippen LogP contribution in [0, 0.1) is 10.8 Å². The van der Waals surface area contributed by atoms with Crippen LogP contribution in [0.4, 0.5) is 0 Å². The molecule has 2 aliphatic rings. The molecule has 0 amide bonds. The molecule has 0 aromatic carbocycles. The first-order valence-corrected chi connectivity index (χ1v) is 8.63. The van der Waals surface area contributed by atoms with E-state index in [2.05, 4.69) is 13.8 Å². The van der Waals surface area contributed by atoms with Crippen LogP contribution < -0.4 is 5.73 Å². The van der Waals surface area contributed by atoms with Gasteiger partial charge in [-0.25, -0.2) is 8.42 Å². The summed E-state index contributed by atoms with van der Waals surface area (Å²) in [4.78, 5) is 0. The van der Waals surface area contributed by atoms with Crippen molar-refractivity contribution in [2.24, 2.45) is 16.6 Å². The van der Waals surface area contributed by atoms with Crippen molar-refractivity contribution in [3.63, 3.8) is 0 Å². The molecule has 0 aromatic heterocycles. The molecule has 0 aromatic rings. The fraction of sp³-hybridized carbons (Fsp3) is 1.00. The van der Waals surface area contributed by atoms with Crippen molar-refractivity contribution in [2.75, 3.05) is 18.1 Å². The number of rotatable bonds is 2. The van der Waals surface area contributed by atoms with Gasteiger partial charge >= 0.3 is 0 Å². The van der Waals surface area contributed by atoms with Crippen LogP contribution in [0.3, 0.4) is 0 Å². The van der Waals surface area contributed by atoms with Crippen LogP contribution in [0.15, 0.2) is 0 Å². The van der Waals surface area contributed by atoms with E-state index in [4.69, 9.17) is 5.73 Å². The molecular weight excluding hydrogens is 250 g/mol. The Balaban J connectivity index is 2.43. The van der Waals surface area contributed by atoms with E-state index in [1.165, 1.54) is 0 Å². The van der Waals surface area contributed by atoms with Gasteiger partial charge in [-0.3, -0.25) is 0 Å². The van der Waals surface area contributed by atoms with Crippen molar-refractivity contribution < 1.29 is 13.5 Å². The van der Waals surface area contributed by atoms with Gasteiger partial charge in [-0.05, 0) is 24.7 Å². The zero-order valence-corrected chi connectivity index (χ0v) is 12.2. The highest BCUT2D eigenvalue weighted by Crippen LogP contribution is 2.56. The summed E-state index contributed by atoms with van der Waals surface area (Å²) in [5, 5.41) is 11.2. The third-order valence-corrected chi connectivity index (χ3v) is 7.18. The average Bonchev–Trinajstić information content (AvgIpc) is 2.60. The topological polar surface area (TPSA) is 80.4 Å². The Morgan fingerprint density at radius 3 is 2.22 bits per heavy atom. The van der Waals surface area contributed by atoms with E-state index in [0.717, 1.165) is 19.3 Å². The largest absolute Gasteiger partial charge is 0.389 e. The summed E-state index contributed by atoms with van der Waals surface area (Å²) in [7, 11) is -3.04. The van der Waals surface area contributed by atoms with E-state index >= 15 is 0 Å². The van der Waals surface area contributed by atoms with Crippen molar-refractivity contribution in [3.05, 3.63) is 0 Å². The zero-order chi connectivity index (χ0) is 13.7. The Kier molecular flexibility index (Phi) is 3.32. The van der Waals surface area contributed by atoms with Crippen molar-refractivity contribution in [1.82, 2.24) is 0 Å². The molecule has 2 rings (SSSR count). The maximum Gasteiger partial charge on any atom is 0.151 e. The van der Waals surface area contributed by atoms with E-state index < -0.39 is 20.9 Å². The second kappa shape index (κ2) is 4.18. The molecule has 3 N–H and O–H groups in total. The lowest BCUT2D eigenvalue weighted by atomic mass is 9.53. The van der Waals surface area contributed by atoms with Gasteiger partial charge in [0.05, 0.1) is 17.1 Å². The summed E-state index contributed by atoms with van der Waals surface area (Å²) in [6.07, 6.45) is 4.17. The van der Waals surface area contributed by atoms with Gasteiger partial charge in [-0.15, -0.1) is 0 Å². The predicted molar refractivity (Wildman–Crippen MR) is 72.0 cm³/mol. The molecule has 2 fully saturated rings. The van der Waals surface area contributed by atoms with Crippen LogP contribution in [0.5, 0.6) is 0 Å². The summed E-state index contributed by atoms with van der Waals surface area (Å²) < 4.78 is 23.7. The fourth-order valence-electron chi connectivity index (χ4n) is 4.05. The standard InChI is InChI=1S/C13H25NO3S/c1-11(2)5-3-4-6-13(11,15)12(9-14)7-8-18(16,17)10-12/h15H,3-10,14H2,1-2H3. The lowest BCUT2D eigenvalue weighted by Gasteiger charge is -2.55. The number of sulfone groups is 1. The van der Waals surface area contributed by atoms with Crippen molar-refractivity contribution in [1.29, 1.82) is 0 Å². The van der Waals surface area contributed by atoms with Crippen LogP contribution in [0.2, 0.25) is 0 Å². The molecule has 106 valence electrons. The summed E-state index contributed by atoms with van der Waals surface area (Å²) in [6, 6.07) is 0. The third-order valence-electron chi connectivity index (χ3n) is 5.37. The molecule has 0 bridgehead atoms. The second-order valence-electron chi connectivity index (χ2n) is 6.78. The third kappa shape index (κ3) is 1.91. The van der Waals surface area contributed by atoms with Gasteiger partial charge in [0.25, 0.3) is 0 Å². The first-order chi connectivity index (χ1) is 8.18. The summed E-state index contributed by atoms with van der Waals surface area (Å²) in [5.74, 6) is 0.221. The number of hydrogen-bond donors (Lipinski definition) is 2. The molecule has 1 saturated heterocycles. The molecule has 4 nitrogen and oxygen atoms in total. The highest BCUT2D eigenvalue weighted by Gasteiger charge is 2.61. The first kappa shape index (κ1) is 14.3. The normalized spacial score (nSPS) is 42.9. The smallest absolute Gasteiger partial charge is 0.151 e. The number of hydrogen-bond acceptors (Lipinski definition) is 4. The minimum atomic E-state index is -3.04. The molecule has 1 heterocycles. The van der Waals surface area contributed by atoms with Gasteiger partial charge in [0.15, 0.2) is 9.84 Å². The molecule has 18 heavy (non-hydrogen) atoms. The van der Waals surface area contributed by atoms with Crippen LogP contribution in [0.1, 0.15) is 46.0 Å². The maximum atomic E-state index is 11.8. The second-order valence-corrected chi connectivity index (χ2v) is 8.96. The van der Waals surface area contributed by atoms with Crippen molar-refractivity contribution >= 4 is 9.84 Å². The highest BCUT2D eigenvalue weighted by molar-refractivity contribution is 7.91. The Bertz CT molecular complexity index is 432. The van der Waals surface area contributed by atoms with E-state index in [1.54, 1.807) is 0 Å². The number of aliphatic hydroxyl groups is 1. The van der Waals surface area contributed by atoms with Crippen molar-refractivity contribution in [2.45, 2.75) is 51.6 Å². The molecule has 0 radical (unpaired) electrons. The van der Waals surface area contributed by atoms with Crippen LogP contribution in [-0.4, -0.2) is 37.2 Å². The average molecular weight is 275 g/mol. The molecule has 1 aliphatic carbocycles. The molecular formula is C13H25NO3S. The van der Waals surface area contributed by atoms with Crippen LogP contribution >= 0.6 is 0 Å². The molecule has 2 atom stereocenters. The monoisotopic (exact) mass is 275 g/mol. The zero-order valence-electron chi connectivity index (χ0n) is 11.4. The predicted octanol–water partition coefficient (Wildman–Crippen LogP) is 1.08. The summed E-state index contributed by atoms with van der Waals surface area (Å²) >= 11 is 0. The van der Waals surface area contributed by atoms with E-state index in [0.29, 0.717) is 12.8 Å². The molecule has 1 saturated carbocycles. The molecule has 0 spiro atoms. The van der Waals surface area contributed by atoms with Gasteiger partial charge in [-0.1, -0.05) is 26.7 Å². The lowest BCUT2D eigenvalue weighted by Crippen LogP contribution is -2.62. The minimum Gasteiger partial charge on any atom is -0.389 e. The Labute approximate surface area is 110 Å². The van der Waals surface area contributed by atoms with E-state index in [1.807, 2.05) is 0 Å². The Hall–Kier alpha value is -0.130. The van der Waals surface area contributed by atoms with E-state index in [-0.39, 0.29) is 23.5 Å². The Morgan fingerprint density at radius 2 is 1.78 bits per heavy atom. The summed E-state index contributed by atoms with van der Waals surface area (Å²) in [5.41, 5.74) is 4.05. The van der Waals surface area contributed by atoms with Crippen molar-refractivity contribution in [3.8, 4) is 0 Å². The van der Waals surface area contributed by atoms with E-state index in [9.17, 15) is 13.5 Å². The van der Waals surface area contributed by atoms with Crippen LogP contribution in [-0.2, 0) is 9.84 Å². The van der Waals surface area contributed by atoms with Gasteiger partial charge < -0.3 is 10.8 Å². The van der Waals surface area contributed by atoms with Gasteiger partial charge in [0, 0.05) is 12.0 Å². The molecule has 1 aliphatic heterocycles. The van der Waals surface area contributed by atoms with Gasteiger partial charge in [0.2, 0.25) is 0 Å². The minimum absolute atomic E-state index is 0.0520. The number of nitrogens with two attached hydrogens (primary N) is 1. The lowest BCUT2D eigenvalue weighted by molar-refractivity contribution is -0.172. The molecule has 5 heteroatoms.